The fraction of sp³-hybridized carbons (Fsp3) is 0.550. The quantitative estimate of drug-likeness (QED) is 0.718. The molecule has 2 nitrogen and oxygen atoms in total. The van der Waals surface area contributed by atoms with Crippen LogP contribution in [0.25, 0.3) is 0 Å². The number of amides is 1. The van der Waals surface area contributed by atoms with E-state index in [1.807, 2.05) is 0 Å². The van der Waals surface area contributed by atoms with Crippen LogP contribution in [0.5, 0.6) is 0 Å². The zero-order valence-electron chi connectivity index (χ0n) is 13.7. The maximum atomic E-state index is 13.4. The van der Waals surface area contributed by atoms with Gasteiger partial charge in [-0.15, -0.1) is 0 Å². The third-order valence-electron chi connectivity index (χ3n) is 6.72. The van der Waals surface area contributed by atoms with Gasteiger partial charge in [0.15, 0.2) is 0 Å². The van der Waals surface area contributed by atoms with Gasteiger partial charge in [0.1, 0.15) is 0 Å². The number of carbonyl (C=O) groups is 1. The minimum absolute atomic E-state index is 0.127. The van der Waals surface area contributed by atoms with Crippen molar-refractivity contribution < 1.29 is 4.79 Å². The van der Waals surface area contributed by atoms with E-state index in [4.69, 9.17) is 0 Å². The molecule has 0 N–H and O–H groups in total. The Morgan fingerprint density at radius 2 is 2.00 bits per heavy atom. The lowest BCUT2D eigenvalue weighted by atomic mass is 9.68. The molecule has 2 bridgehead atoms. The smallest absolute Gasteiger partial charge is 0.233 e. The Morgan fingerprint density at radius 1 is 1.27 bits per heavy atom. The van der Waals surface area contributed by atoms with Crippen LogP contribution in [0.1, 0.15) is 44.2 Å². The SMILES string of the molecule is C=C1C2(C(=O)N3CCc4ccccc4C3)CCC(C2)C1(C)C. The molecule has 0 radical (unpaired) electrons. The van der Waals surface area contributed by atoms with Gasteiger partial charge in [-0.25, -0.2) is 0 Å². The normalized spacial score (nSPS) is 32.2. The Labute approximate surface area is 133 Å². The summed E-state index contributed by atoms with van der Waals surface area (Å²) in [5.74, 6) is 0.987. The molecule has 1 aromatic rings. The molecule has 2 heteroatoms. The topological polar surface area (TPSA) is 20.3 Å². The molecule has 0 saturated heterocycles. The van der Waals surface area contributed by atoms with E-state index in [1.165, 1.54) is 23.1 Å². The molecule has 3 aliphatic rings. The van der Waals surface area contributed by atoms with Gasteiger partial charge in [0.25, 0.3) is 0 Å². The van der Waals surface area contributed by atoms with Gasteiger partial charge in [-0.3, -0.25) is 4.79 Å². The first kappa shape index (κ1) is 14.0. The molecule has 0 spiro atoms. The number of rotatable bonds is 1. The van der Waals surface area contributed by atoms with Crippen LogP contribution in [0.15, 0.2) is 36.4 Å². The Kier molecular flexibility index (Phi) is 2.85. The number of fused-ring (bicyclic) bond motifs is 3. The van der Waals surface area contributed by atoms with Crippen molar-refractivity contribution in [2.45, 2.75) is 46.1 Å². The Morgan fingerprint density at radius 3 is 2.68 bits per heavy atom. The summed E-state index contributed by atoms with van der Waals surface area (Å²) in [6.07, 6.45) is 4.20. The second kappa shape index (κ2) is 4.47. The van der Waals surface area contributed by atoms with Crippen molar-refractivity contribution in [1.82, 2.24) is 4.90 Å². The second-order valence-electron chi connectivity index (χ2n) is 7.97. The maximum Gasteiger partial charge on any atom is 0.233 e. The van der Waals surface area contributed by atoms with E-state index in [9.17, 15) is 4.79 Å². The first-order valence-electron chi connectivity index (χ1n) is 8.51. The largest absolute Gasteiger partial charge is 0.337 e. The molecule has 116 valence electrons. The number of hydrogen-bond acceptors (Lipinski definition) is 1. The summed E-state index contributed by atoms with van der Waals surface area (Å²) in [7, 11) is 0. The molecule has 2 unspecified atom stereocenters. The van der Waals surface area contributed by atoms with Gasteiger partial charge < -0.3 is 4.90 Å². The number of nitrogens with zero attached hydrogens (tertiary/aromatic N) is 1. The Hall–Kier alpha value is -1.57. The van der Waals surface area contributed by atoms with E-state index in [0.717, 1.165) is 32.4 Å². The third-order valence-corrected chi connectivity index (χ3v) is 6.72. The molecule has 2 aliphatic carbocycles. The predicted molar refractivity (Wildman–Crippen MR) is 88.3 cm³/mol. The van der Waals surface area contributed by atoms with Gasteiger partial charge in [0, 0.05) is 13.1 Å². The van der Waals surface area contributed by atoms with Crippen LogP contribution in [0, 0.1) is 16.7 Å². The van der Waals surface area contributed by atoms with E-state index in [1.54, 1.807) is 0 Å². The lowest BCUT2D eigenvalue weighted by Gasteiger charge is -2.41. The fourth-order valence-corrected chi connectivity index (χ4v) is 5.09. The summed E-state index contributed by atoms with van der Waals surface area (Å²) >= 11 is 0. The summed E-state index contributed by atoms with van der Waals surface area (Å²) in [5, 5.41) is 0. The monoisotopic (exact) mass is 295 g/mol. The number of carbonyl (C=O) groups excluding carboxylic acids is 1. The first-order chi connectivity index (χ1) is 10.4. The van der Waals surface area contributed by atoms with Gasteiger partial charge in [-0.1, -0.05) is 50.3 Å². The highest BCUT2D eigenvalue weighted by Crippen LogP contribution is 2.66. The van der Waals surface area contributed by atoms with Gasteiger partial charge in [-0.2, -0.15) is 0 Å². The average Bonchev–Trinajstić information content (AvgIpc) is 3.06. The maximum absolute atomic E-state index is 13.4. The van der Waals surface area contributed by atoms with Crippen molar-refractivity contribution in [2.24, 2.45) is 16.7 Å². The molecule has 0 aromatic heterocycles. The van der Waals surface area contributed by atoms with Crippen molar-refractivity contribution >= 4 is 5.91 Å². The summed E-state index contributed by atoms with van der Waals surface area (Å²) < 4.78 is 0. The molecule has 2 fully saturated rings. The summed E-state index contributed by atoms with van der Waals surface area (Å²) in [6.45, 7) is 10.6. The summed E-state index contributed by atoms with van der Waals surface area (Å²) in [5.41, 5.74) is 3.78. The number of benzene rings is 1. The summed E-state index contributed by atoms with van der Waals surface area (Å²) in [6, 6.07) is 8.53. The predicted octanol–water partition coefficient (Wildman–Crippen LogP) is 3.95. The minimum atomic E-state index is -0.263. The summed E-state index contributed by atoms with van der Waals surface area (Å²) in [4.78, 5) is 15.4. The van der Waals surface area contributed by atoms with Crippen LogP contribution < -0.4 is 0 Å². The molecule has 1 amide bonds. The molecule has 2 atom stereocenters. The van der Waals surface area contributed by atoms with Gasteiger partial charge in [0.2, 0.25) is 5.91 Å². The zero-order valence-corrected chi connectivity index (χ0v) is 13.7. The molecule has 1 aromatic carbocycles. The molecule has 1 heterocycles. The standard InChI is InChI=1S/C20H25NO/c1-14-19(2,3)17-8-10-20(14,12-17)18(22)21-11-9-15-6-4-5-7-16(15)13-21/h4-7,17H,1,8-13H2,2-3H3. The second-order valence-corrected chi connectivity index (χ2v) is 7.97. The van der Waals surface area contributed by atoms with Crippen molar-refractivity contribution in [2.75, 3.05) is 6.54 Å². The van der Waals surface area contributed by atoms with Crippen LogP contribution >= 0.6 is 0 Å². The average molecular weight is 295 g/mol. The third kappa shape index (κ3) is 1.70. The van der Waals surface area contributed by atoms with Crippen molar-refractivity contribution in [1.29, 1.82) is 0 Å². The van der Waals surface area contributed by atoms with Gasteiger partial charge in [-0.05, 0) is 48.1 Å². The molecule has 1 aliphatic heterocycles. The zero-order chi connectivity index (χ0) is 15.5. The lowest BCUT2D eigenvalue weighted by Crippen LogP contribution is -2.46. The van der Waals surface area contributed by atoms with Gasteiger partial charge in [0.05, 0.1) is 5.41 Å². The van der Waals surface area contributed by atoms with Crippen molar-refractivity contribution in [3.8, 4) is 0 Å². The van der Waals surface area contributed by atoms with Gasteiger partial charge >= 0.3 is 0 Å². The number of hydrogen-bond donors (Lipinski definition) is 0. The molecule has 22 heavy (non-hydrogen) atoms. The first-order valence-corrected chi connectivity index (χ1v) is 8.51. The van der Waals surface area contributed by atoms with Crippen LogP contribution in [-0.4, -0.2) is 17.4 Å². The van der Waals surface area contributed by atoms with Crippen molar-refractivity contribution in [3.05, 3.63) is 47.5 Å². The molecule has 2 saturated carbocycles. The highest BCUT2D eigenvalue weighted by Gasteiger charge is 2.61. The van der Waals surface area contributed by atoms with Crippen LogP contribution in [-0.2, 0) is 17.8 Å². The van der Waals surface area contributed by atoms with E-state index >= 15 is 0 Å². The highest BCUT2D eigenvalue weighted by atomic mass is 16.2. The molecular weight excluding hydrogens is 270 g/mol. The highest BCUT2D eigenvalue weighted by molar-refractivity contribution is 5.88. The van der Waals surface area contributed by atoms with E-state index in [2.05, 4.69) is 49.6 Å². The van der Waals surface area contributed by atoms with Crippen LogP contribution in [0.3, 0.4) is 0 Å². The van der Waals surface area contributed by atoms with Crippen molar-refractivity contribution in [3.63, 3.8) is 0 Å². The van der Waals surface area contributed by atoms with E-state index < -0.39 is 0 Å². The minimum Gasteiger partial charge on any atom is -0.337 e. The Balaban J connectivity index is 1.63. The van der Waals surface area contributed by atoms with Crippen LogP contribution in [0.4, 0.5) is 0 Å². The fourth-order valence-electron chi connectivity index (χ4n) is 5.09. The molecular formula is C20H25NO. The Bertz CT molecular complexity index is 659. The lowest BCUT2D eigenvalue weighted by molar-refractivity contribution is -0.140. The van der Waals surface area contributed by atoms with E-state index in [0.29, 0.717) is 11.8 Å². The van der Waals surface area contributed by atoms with E-state index in [-0.39, 0.29) is 10.8 Å². The molecule has 4 rings (SSSR count). The van der Waals surface area contributed by atoms with Crippen LogP contribution in [0.2, 0.25) is 0 Å².